The first kappa shape index (κ1) is 13.5. The van der Waals surface area contributed by atoms with Crippen molar-refractivity contribution < 1.29 is 9.53 Å². The average Bonchev–Trinajstić information content (AvgIpc) is 2.28. The molecule has 0 saturated carbocycles. The van der Waals surface area contributed by atoms with Gasteiger partial charge in [0.2, 0.25) is 0 Å². The SMILES string of the molecule is CC1(C)CN(CC(=O)c2ccccc2Cl)CCO1. The zero-order valence-corrected chi connectivity index (χ0v) is 11.5. The van der Waals surface area contributed by atoms with Gasteiger partial charge in [-0.15, -0.1) is 0 Å². The van der Waals surface area contributed by atoms with Gasteiger partial charge in [-0.25, -0.2) is 0 Å². The van der Waals surface area contributed by atoms with Crippen LogP contribution in [-0.2, 0) is 4.74 Å². The lowest BCUT2D eigenvalue weighted by molar-refractivity contribution is -0.0833. The number of nitrogens with zero attached hydrogens (tertiary/aromatic N) is 1. The Morgan fingerprint density at radius 2 is 2.17 bits per heavy atom. The predicted molar refractivity (Wildman–Crippen MR) is 72.3 cm³/mol. The number of hydrogen-bond donors (Lipinski definition) is 0. The lowest BCUT2D eigenvalue weighted by atomic mass is 10.1. The molecule has 0 aromatic heterocycles. The first-order chi connectivity index (χ1) is 8.48. The Hall–Kier alpha value is -0.900. The van der Waals surface area contributed by atoms with Crippen LogP contribution in [0.25, 0.3) is 0 Å². The zero-order valence-electron chi connectivity index (χ0n) is 10.8. The Balaban J connectivity index is 2.02. The van der Waals surface area contributed by atoms with E-state index in [2.05, 4.69) is 4.90 Å². The standard InChI is InChI=1S/C14H18ClNO2/c1-14(2)10-16(7-8-18-14)9-13(17)11-5-3-4-6-12(11)15/h3-6H,7-10H2,1-2H3. The molecule has 98 valence electrons. The zero-order chi connectivity index (χ0) is 13.2. The second-order valence-corrected chi connectivity index (χ2v) is 5.63. The highest BCUT2D eigenvalue weighted by molar-refractivity contribution is 6.34. The molecule has 3 nitrogen and oxygen atoms in total. The Bertz CT molecular complexity index is 445. The fourth-order valence-electron chi connectivity index (χ4n) is 2.22. The first-order valence-electron chi connectivity index (χ1n) is 6.12. The summed E-state index contributed by atoms with van der Waals surface area (Å²) in [7, 11) is 0. The van der Waals surface area contributed by atoms with Crippen molar-refractivity contribution in [2.75, 3.05) is 26.2 Å². The van der Waals surface area contributed by atoms with Crippen LogP contribution in [0.15, 0.2) is 24.3 Å². The Kier molecular flexibility index (Phi) is 4.05. The summed E-state index contributed by atoms with van der Waals surface area (Å²) < 4.78 is 5.63. The van der Waals surface area contributed by atoms with E-state index in [0.29, 0.717) is 23.7 Å². The number of carbonyl (C=O) groups excluding carboxylic acids is 1. The van der Waals surface area contributed by atoms with Gasteiger partial charge in [0.1, 0.15) is 0 Å². The number of benzene rings is 1. The molecule has 0 N–H and O–H groups in total. The van der Waals surface area contributed by atoms with Crippen LogP contribution >= 0.6 is 11.6 Å². The van der Waals surface area contributed by atoms with Crippen LogP contribution in [-0.4, -0.2) is 42.5 Å². The van der Waals surface area contributed by atoms with Gasteiger partial charge in [-0.1, -0.05) is 23.7 Å². The molecule has 2 rings (SSSR count). The monoisotopic (exact) mass is 267 g/mol. The summed E-state index contributed by atoms with van der Waals surface area (Å²) >= 11 is 6.03. The number of morpholine rings is 1. The van der Waals surface area contributed by atoms with Crippen LogP contribution in [0.3, 0.4) is 0 Å². The highest BCUT2D eigenvalue weighted by Crippen LogP contribution is 2.19. The molecule has 0 amide bonds. The van der Waals surface area contributed by atoms with E-state index >= 15 is 0 Å². The normalized spacial score (nSPS) is 19.7. The fourth-order valence-corrected chi connectivity index (χ4v) is 2.47. The molecule has 0 radical (unpaired) electrons. The second-order valence-electron chi connectivity index (χ2n) is 5.22. The van der Waals surface area contributed by atoms with Gasteiger partial charge in [0, 0.05) is 18.7 Å². The third kappa shape index (κ3) is 3.31. The van der Waals surface area contributed by atoms with E-state index in [1.54, 1.807) is 12.1 Å². The van der Waals surface area contributed by atoms with Gasteiger partial charge < -0.3 is 4.74 Å². The van der Waals surface area contributed by atoms with Gasteiger partial charge in [-0.2, -0.15) is 0 Å². The second kappa shape index (κ2) is 5.39. The molecular weight excluding hydrogens is 250 g/mol. The molecule has 0 unspecified atom stereocenters. The van der Waals surface area contributed by atoms with E-state index in [1.807, 2.05) is 26.0 Å². The van der Waals surface area contributed by atoms with Crippen molar-refractivity contribution >= 4 is 17.4 Å². The molecule has 4 heteroatoms. The minimum Gasteiger partial charge on any atom is -0.373 e. The van der Waals surface area contributed by atoms with Crippen molar-refractivity contribution in [2.24, 2.45) is 0 Å². The van der Waals surface area contributed by atoms with Crippen molar-refractivity contribution in [3.05, 3.63) is 34.9 Å². The van der Waals surface area contributed by atoms with Crippen molar-refractivity contribution in [2.45, 2.75) is 19.4 Å². The van der Waals surface area contributed by atoms with Crippen LogP contribution < -0.4 is 0 Å². The number of hydrogen-bond acceptors (Lipinski definition) is 3. The molecule has 1 aliphatic rings. The number of ketones is 1. The largest absolute Gasteiger partial charge is 0.373 e. The maximum atomic E-state index is 12.2. The Morgan fingerprint density at radius 3 is 2.83 bits per heavy atom. The Labute approximate surface area is 113 Å². The lowest BCUT2D eigenvalue weighted by Crippen LogP contribution is -2.49. The molecule has 0 aliphatic carbocycles. The number of rotatable bonds is 3. The van der Waals surface area contributed by atoms with Gasteiger partial charge in [-0.05, 0) is 26.0 Å². The molecular formula is C14H18ClNO2. The third-order valence-electron chi connectivity index (χ3n) is 3.05. The maximum Gasteiger partial charge on any atom is 0.178 e. The molecule has 0 spiro atoms. The van der Waals surface area contributed by atoms with Crippen molar-refractivity contribution in [3.63, 3.8) is 0 Å². The van der Waals surface area contributed by atoms with Crippen LogP contribution in [0.2, 0.25) is 5.02 Å². The van der Waals surface area contributed by atoms with Gasteiger partial charge >= 0.3 is 0 Å². The average molecular weight is 268 g/mol. The fraction of sp³-hybridized carbons (Fsp3) is 0.500. The van der Waals surface area contributed by atoms with Gasteiger partial charge in [0.05, 0.1) is 23.8 Å². The van der Waals surface area contributed by atoms with Crippen molar-refractivity contribution in [3.8, 4) is 0 Å². The van der Waals surface area contributed by atoms with Crippen molar-refractivity contribution in [1.29, 1.82) is 0 Å². The van der Waals surface area contributed by atoms with E-state index in [4.69, 9.17) is 16.3 Å². The smallest absolute Gasteiger partial charge is 0.178 e. The summed E-state index contributed by atoms with van der Waals surface area (Å²) in [5.41, 5.74) is 0.419. The summed E-state index contributed by atoms with van der Waals surface area (Å²) in [6.45, 7) is 6.71. The predicted octanol–water partition coefficient (Wildman–Crippen LogP) is 2.63. The van der Waals surface area contributed by atoms with Gasteiger partial charge in [0.15, 0.2) is 5.78 Å². The molecule has 1 fully saturated rings. The summed E-state index contributed by atoms with van der Waals surface area (Å²) in [5.74, 6) is 0.0679. The highest BCUT2D eigenvalue weighted by atomic mass is 35.5. The van der Waals surface area contributed by atoms with Gasteiger partial charge in [-0.3, -0.25) is 9.69 Å². The van der Waals surface area contributed by atoms with E-state index in [0.717, 1.165) is 13.1 Å². The topological polar surface area (TPSA) is 29.5 Å². The number of Topliss-reactive ketones (excluding diaryl/α,β-unsaturated/α-hetero) is 1. The minimum atomic E-state index is -0.182. The maximum absolute atomic E-state index is 12.2. The van der Waals surface area contributed by atoms with Crippen LogP contribution in [0.4, 0.5) is 0 Å². The summed E-state index contributed by atoms with van der Waals surface area (Å²) in [6, 6.07) is 7.19. The molecule has 0 atom stereocenters. The molecule has 1 aromatic carbocycles. The molecule has 1 saturated heterocycles. The minimum absolute atomic E-state index is 0.0679. The van der Waals surface area contributed by atoms with E-state index in [-0.39, 0.29) is 11.4 Å². The number of halogens is 1. The summed E-state index contributed by atoms with van der Waals surface area (Å²) in [6.07, 6.45) is 0. The molecule has 1 heterocycles. The lowest BCUT2D eigenvalue weighted by Gasteiger charge is -2.37. The Morgan fingerprint density at radius 1 is 1.44 bits per heavy atom. The molecule has 0 bridgehead atoms. The first-order valence-corrected chi connectivity index (χ1v) is 6.50. The van der Waals surface area contributed by atoms with E-state index < -0.39 is 0 Å². The van der Waals surface area contributed by atoms with E-state index in [9.17, 15) is 4.79 Å². The quantitative estimate of drug-likeness (QED) is 0.789. The third-order valence-corrected chi connectivity index (χ3v) is 3.38. The number of carbonyl (C=O) groups is 1. The number of ether oxygens (including phenoxy) is 1. The van der Waals surface area contributed by atoms with Crippen LogP contribution in [0.5, 0.6) is 0 Å². The molecule has 18 heavy (non-hydrogen) atoms. The van der Waals surface area contributed by atoms with Crippen LogP contribution in [0, 0.1) is 0 Å². The summed E-state index contributed by atoms with van der Waals surface area (Å²) in [5, 5.41) is 0.523. The highest BCUT2D eigenvalue weighted by Gasteiger charge is 2.28. The van der Waals surface area contributed by atoms with Crippen molar-refractivity contribution in [1.82, 2.24) is 4.90 Å². The van der Waals surface area contributed by atoms with Gasteiger partial charge in [0.25, 0.3) is 0 Å². The van der Waals surface area contributed by atoms with E-state index in [1.165, 1.54) is 0 Å². The molecule has 1 aliphatic heterocycles. The van der Waals surface area contributed by atoms with Crippen LogP contribution in [0.1, 0.15) is 24.2 Å². The molecule has 1 aromatic rings. The summed E-state index contributed by atoms with van der Waals surface area (Å²) in [4.78, 5) is 14.3.